The molecule has 0 bridgehead atoms. The second kappa shape index (κ2) is 6.06. The van der Waals surface area contributed by atoms with Gasteiger partial charge in [0.25, 0.3) is 5.56 Å². The topological polar surface area (TPSA) is 45.8 Å². The third kappa shape index (κ3) is 3.27. The lowest BCUT2D eigenvalue weighted by Crippen LogP contribution is -2.15. The van der Waals surface area contributed by atoms with Crippen LogP contribution < -0.4 is 5.56 Å². The van der Waals surface area contributed by atoms with E-state index in [-0.39, 0.29) is 10.6 Å². The Hall–Kier alpha value is -1.20. The zero-order valence-corrected chi connectivity index (χ0v) is 13.3. The highest BCUT2D eigenvalue weighted by atomic mass is 79.9. The number of aromatic nitrogens is 2. The summed E-state index contributed by atoms with van der Waals surface area (Å²) < 4.78 is 13.9. The summed E-state index contributed by atoms with van der Waals surface area (Å²) in [5, 5.41) is 0.0376. The van der Waals surface area contributed by atoms with E-state index in [2.05, 4.69) is 25.9 Å². The minimum Gasteiger partial charge on any atom is -0.306 e. The van der Waals surface area contributed by atoms with Crippen molar-refractivity contribution < 1.29 is 4.39 Å². The first-order chi connectivity index (χ1) is 9.38. The number of hydrogen-bond acceptors (Lipinski definition) is 2. The van der Waals surface area contributed by atoms with Crippen LogP contribution in [0.15, 0.2) is 27.5 Å². The van der Waals surface area contributed by atoms with Gasteiger partial charge in [0.15, 0.2) is 0 Å². The van der Waals surface area contributed by atoms with Crippen molar-refractivity contribution in [2.45, 2.75) is 20.3 Å². The number of hydrogen-bond donors (Lipinski definition) is 1. The molecule has 0 aliphatic heterocycles. The lowest BCUT2D eigenvalue weighted by atomic mass is 10.1. The van der Waals surface area contributed by atoms with Gasteiger partial charge < -0.3 is 4.98 Å². The smallest absolute Gasteiger partial charge is 0.265 e. The summed E-state index contributed by atoms with van der Waals surface area (Å²) in [5.74, 6) is 0.153. The average Bonchev–Trinajstić information content (AvgIpc) is 2.37. The Balaban J connectivity index is 2.54. The Morgan fingerprint density at radius 3 is 2.75 bits per heavy atom. The molecule has 0 fully saturated rings. The molecule has 6 heteroatoms. The van der Waals surface area contributed by atoms with Crippen molar-refractivity contribution in [1.82, 2.24) is 9.97 Å². The van der Waals surface area contributed by atoms with Crippen molar-refractivity contribution in [3.63, 3.8) is 0 Å². The van der Waals surface area contributed by atoms with Crippen molar-refractivity contribution in [3.05, 3.63) is 49.6 Å². The van der Waals surface area contributed by atoms with Gasteiger partial charge in [0.05, 0.1) is 10.7 Å². The Morgan fingerprint density at radius 1 is 1.45 bits per heavy atom. The number of nitrogens with zero attached hydrogens (tertiary/aromatic N) is 1. The molecule has 20 heavy (non-hydrogen) atoms. The molecule has 2 rings (SSSR count). The minimum absolute atomic E-state index is 0.0376. The highest BCUT2D eigenvalue weighted by molar-refractivity contribution is 9.10. The zero-order valence-electron chi connectivity index (χ0n) is 11.0. The van der Waals surface area contributed by atoms with E-state index in [1.54, 1.807) is 6.07 Å². The maximum atomic E-state index is 13.5. The molecule has 3 nitrogen and oxygen atoms in total. The molecule has 0 amide bonds. The quantitative estimate of drug-likeness (QED) is 0.893. The van der Waals surface area contributed by atoms with Gasteiger partial charge in [-0.1, -0.05) is 25.4 Å². The fourth-order valence-electron chi connectivity index (χ4n) is 1.81. The van der Waals surface area contributed by atoms with Crippen LogP contribution in [0.4, 0.5) is 4.39 Å². The highest BCUT2D eigenvalue weighted by Gasteiger charge is 2.12. The van der Waals surface area contributed by atoms with E-state index in [1.807, 2.05) is 13.8 Å². The second-order valence-electron chi connectivity index (χ2n) is 4.90. The first-order valence-corrected chi connectivity index (χ1v) is 7.29. The number of aromatic amines is 1. The van der Waals surface area contributed by atoms with Crippen molar-refractivity contribution in [1.29, 1.82) is 0 Å². The van der Waals surface area contributed by atoms with Crippen LogP contribution in [-0.2, 0) is 6.42 Å². The molecule has 0 spiro atoms. The number of benzene rings is 1. The Kier molecular flexibility index (Phi) is 4.60. The molecule has 0 saturated carbocycles. The number of halogens is 3. The van der Waals surface area contributed by atoms with Crippen LogP contribution in [0.2, 0.25) is 5.02 Å². The molecular formula is C14H13BrClFN2O. The average molecular weight is 360 g/mol. The van der Waals surface area contributed by atoms with Crippen LogP contribution in [-0.4, -0.2) is 9.97 Å². The first-order valence-electron chi connectivity index (χ1n) is 6.12. The molecule has 1 aromatic heterocycles. The Bertz CT molecular complexity index is 700. The third-order valence-corrected chi connectivity index (χ3v) is 3.85. The van der Waals surface area contributed by atoms with Crippen LogP contribution in [0.3, 0.4) is 0 Å². The lowest BCUT2D eigenvalue weighted by Gasteiger charge is -2.09. The maximum absolute atomic E-state index is 13.5. The van der Waals surface area contributed by atoms with E-state index < -0.39 is 5.82 Å². The maximum Gasteiger partial charge on any atom is 0.265 e. The van der Waals surface area contributed by atoms with Crippen molar-refractivity contribution in [3.8, 4) is 11.4 Å². The highest BCUT2D eigenvalue weighted by Crippen LogP contribution is 2.23. The van der Waals surface area contributed by atoms with Gasteiger partial charge in [-0.15, -0.1) is 0 Å². The molecule has 1 N–H and O–H groups in total. The van der Waals surface area contributed by atoms with Crippen molar-refractivity contribution in [2.75, 3.05) is 0 Å². The molecule has 0 unspecified atom stereocenters. The van der Waals surface area contributed by atoms with E-state index in [0.717, 1.165) is 0 Å². The normalized spacial score (nSPS) is 11.1. The van der Waals surface area contributed by atoms with Crippen LogP contribution in [0, 0.1) is 11.7 Å². The standard InChI is InChI=1S/C14H13BrClFN2O/c1-7(2)5-11-12(15)14(20)19-13(18-11)8-3-4-9(16)10(17)6-8/h3-4,6-7H,5H2,1-2H3,(H,18,19,20). The summed E-state index contributed by atoms with van der Waals surface area (Å²) in [5.41, 5.74) is 0.872. The zero-order chi connectivity index (χ0) is 14.9. The SMILES string of the molecule is CC(C)Cc1nc(-c2ccc(Cl)c(F)c2)[nH]c(=O)c1Br. The number of rotatable bonds is 3. The van der Waals surface area contributed by atoms with Gasteiger partial charge in [-0.2, -0.15) is 0 Å². The summed E-state index contributed by atoms with van der Waals surface area (Å²) in [7, 11) is 0. The van der Waals surface area contributed by atoms with Gasteiger partial charge in [-0.3, -0.25) is 4.79 Å². The van der Waals surface area contributed by atoms with Gasteiger partial charge in [0.1, 0.15) is 16.1 Å². The molecule has 0 saturated heterocycles. The van der Waals surface area contributed by atoms with Crippen LogP contribution in [0.25, 0.3) is 11.4 Å². The molecule has 2 aromatic rings. The molecule has 1 heterocycles. The first kappa shape index (κ1) is 15.2. The monoisotopic (exact) mass is 358 g/mol. The summed E-state index contributed by atoms with van der Waals surface area (Å²) in [6.07, 6.45) is 0.660. The fraction of sp³-hybridized carbons (Fsp3) is 0.286. The lowest BCUT2D eigenvalue weighted by molar-refractivity contribution is 0.627. The van der Waals surface area contributed by atoms with Gasteiger partial charge >= 0.3 is 0 Å². The molecule has 1 aromatic carbocycles. The second-order valence-corrected chi connectivity index (χ2v) is 6.10. The van der Waals surface area contributed by atoms with Crippen LogP contribution >= 0.6 is 27.5 Å². The molecule has 0 atom stereocenters. The van der Waals surface area contributed by atoms with E-state index in [9.17, 15) is 9.18 Å². The predicted molar refractivity (Wildman–Crippen MR) is 81.5 cm³/mol. The molecule has 0 aliphatic rings. The van der Waals surface area contributed by atoms with Crippen LogP contribution in [0.5, 0.6) is 0 Å². The van der Waals surface area contributed by atoms with Gasteiger partial charge in [-0.25, -0.2) is 9.37 Å². The van der Waals surface area contributed by atoms with Gasteiger partial charge in [0.2, 0.25) is 0 Å². The van der Waals surface area contributed by atoms with E-state index in [1.165, 1.54) is 12.1 Å². The summed E-state index contributed by atoms with van der Waals surface area (Å²) in [4.78, 5) is 18.9. The summed E-state index contributed by atoms with van der Waals surface area (Å²) in [6.45, 7) is 4.08. The predicted octanol–water partition coefficient (Wildman–Crippen LogP) is 4.19. The number of nitrogens with one attached hydrogen (secondary N) is 1. The third-order valence-electron chi connectivity index (χ3n) is 2.73. The fourth-order valence-corrected chi connectivity index (χ4v) is 2.27. The summed E-state index contributed by atoms with van der Waals surface area (Å²) >= 11 is 8.89. The Morgan fingerprint density at radius 2 is 2.15 bits per heavy atom. The minimum atomic E-state index is -0.542. The van der Waals surface area contributed by atoms with E-state index in [0.29, 0.717) is 33.9 Å². The molecule has 106 valence electrons. The largest absolute Gasteiger partial charge is 0.306 e. The van der Waals surface area contributed by atoms with Gasteiger partial charge in [-0.05, 0) is 46.5 Å². The van der Waals surface area contributed by atoms with Crippen molar-refractivity contribution in [2.24, 2.45) is 5.92 Å². The van der Waals surface area contributed by atoms with Crippen molar-refractivity contribution >= 4 is 27.5 Å². The number of H-pyrrole nitrogens is 1. The van der Waals surface area contributed by atoms with E-state index in [4.69, 9.17) is 11.6 Å². The van der Waals surface area contributed by atoms with Gasteiger partial charge in [0, 0.05) is 5.56 Å². The van der Waals surface area contributed by atoms with E-state index >= 15 is 0 Å². The summed E-state index contributed by atoms with van der Waals surface area (Å²) in [6, 6.07) is 4.32. The molecular weight excluding hydrogens is 347 g/mol. The molecule has 0 aliphatic carbocycles. The molecule has 0 radical (unpaired) electrons. The Labute approximate surface area is 129 Å². The van der Waals surface area contributed by atoms with Crippen LogP contribution in [0.1, 0.15) is 19.5 Å².